The van der Waals surface area contributed by atoms with Crippen molar-refractivity contribution in [1.82, 2.24) is 15.1 Å². The molecule has 152 valence electrons. The Hall–Kier alpha value is -0.810. The molecule has 3 saturated heterocycles. The number of rotatable bonds is 4. The van der Waals surface area contributed by atoms with Crippen molar-refractivity contribution < 1.29 is 4.79 Å². The van der Waals surface area contributed by atoms with E-state index in [9.17, 15) is 4.79 Å². The number of amides is 1. The van der Waals surface area contributed by atoms with E-state index in [-0.39, 0.29) is 30.9 Å². The lowest BCUT2D eigenvalue weighted by molar-refractivity contribution is -0.133. The minimum Gasteiger partial charge on any atom is -0.335 e. The number of hydrogen-bond acceptors (Lipinski definition) is 3. The number of nitrogens with one attached hydrogen (secondary N) is 1. The van der Waals surface area contributed by atoms with Crippen LogP contribution in [0.1, 0.15) is 42.9 Å². The summed E-state index contributed by atoms with van der Waals surface area (Å²) in [7, 11) is 0. The van der Waals surface area contributed by atoms with Gasteiger partial charge in [0.25, 0.3) is 0 Å². The van der Waals surface area contributed by atoms with Crippen molar-refractivity contribution in [3.63, 3.8) is 0 Å². The summed E-state index contributed by atoms with van der Waals surface area (Å²) in [5, 5.41) is 3.54. The number of aryl methyl sites for hydroxylation is 1. The van der Waals surface area contributed by atoms with Gasteiger partial charge in [-0.1, -0.05) is 30.7 Å². The molecule has 3 heterocycles. The first-order valence-electron chi connectivity index (χ1n) is 10.0. The maximum atomic E-state index is 13.1. The van der Waals surface area contributed by atoms with Crippen molar-refractivity contribution >= 4 is 30.7 Å². The van der Waals surface area contributed by atoms with E-state index in [1.165, 1.54) is 43.5 Å². The summed E-state index contributed by atoms with van der Waals surface area (Å²) in [4.78, 5) is 17.8. The molecule has 0 spiro atoms. The zero-order valence-electron chi connectivity index (χ0n) is 16.2. The number of carbonyl (C=O) groups is 1. The number of halogens is 2. The molecule has 4 rings (SSSR count). The van der Waals surface area contributed by atoms with Gasteiger partial charge >= 0.3 is 0 Å². The quantitative estimate of drug-likeness (QED) is 0.820. The fraction of sp³-hybridized carbons (Fsp3) is 0.667. The molecule has 3 aliphatic heterocycles. The van der Waals surface area contributed by atoms with E-state index in [1.807, 2.05) is 0 Å². The van der Waals surface area contributed by atoms with E-state index in [1.54, 1.807) is 0 Å². The third-order valence-corrected chi connectivity index (χ3v) is 6.48. The minimum atomic E-state index is 0. The Balaban J connectivity index is 0.00000131. The first-order valence-corrected chi connectivity index (χ1v) is 10.0. The molecule has 1 N–H and O–H groups in total. The van der Waals surface area contributed by atoms with Gasteiger partial charge in [-0.3, -0.25) is 4.79 Å². The summed E-state index contributed by atoms with van der Waals surface area (Å²) < 4.78 is 0. The third kappa shape index (κ3) is 4.79. The number of fused-ring (bicyclic) bond motifs is 1. The Kier molecular flexibility index (Phi) is 8.41. The molecule has 3 fully saturated rings. The summed E-state index contributed by atoms with van der Waals surface area (Å²) in [6.07, 6.45) is 4.61. The van der Waals surface area contributed by atoms with Crippen LogP contribution >= 0.6 is 24.8 Å². The topological polar surface area (TPSA) is 35.6 Å². The van der Waals surface area contributed by atoms with Crippen LogP contribution in [0.25, 0.3) is 0 Å². The van der Waals surface area contributed by atoms with Crippen LogP contribution in [0.15, 0.2) is 24.3 Å². The standard InChI is InChI=1S/C21H31N3O.2ClH/c1-16-7-3-4-8-18(16)21-19-14-22-13-17(19)15-24(21)20(25)9-12-23-10-5-2-6-11-23;;/h3-4,7-8,17,19,21-22H,2,5-6,9-15H2,1H3;2*1H/t17-,19-,21+;;/m0../s1. The molecule has 1 amide bonds. The van der Waals surface area contributed by atoms with Gasteiger partial charge in [0.15, 0.2) is 0 Å². The lowest BCUT2D eigenvalue weighted by Crippen LogP contribution is -2.38. The normalized spacial score (nSPS) is 27.6. The Labute approximate surface area is 175 Å². The Bertz CT molecular complexity index is 621. The van der Waals surface area contributed by atoms with E-state index in [0.717, 1.165) is 26.2 Å². The van der Waals surface area contributed by atoms with Crippen LogP contribution in [-0.4, -0.2) is 55.0 Å². The summed E-state index contributed by atoms with van der Waals surface area (Å²) >= 11 is 0. The molecular weight excluding hydrogens is 381 g/mol. The second kappa shape index (κ2) is 10.1. The highest BCUT2D eigenvalue weighted by molar-refractivity contribution is 5.85. The summed E-state index contributed by atoms with van der Waals surface area (Å²) in [6, 6.07) is 8.89. The molecule has 0 radical (unpaired) electrons. The number of piperidine rings is 1. The monoisotopic (exact) mass is 413 g/mol. The van der Waals surface area contributed by atoms with E-state index < -0.39 is 0 Å². The lowest BCUT2D eigenvalue weighted by atomic mass is 9.87. The second-order valence-electron chi connectivity index (χ2n) is 8.08. The highest BCUT2D eigenvalue weighted by Crippen LogP contribution is 2.43. The SMILES string of the molecule is Cc1ccccc1[C@@H]1[C@H]2CNC[C@H]2CN1C(=O)CCN1CCCCC1.Cl.Cl. The summed E-state index contributed by atoms with van der Waals surface area (Å²) in [5.74, 6) is 1.54. The van der Waals surface area contributed by atoms with Gasteiger partial charge in [-0.15, -0.1) is 24.8 Å². The van der Waals surface area contributed by atoms with Gasteiger partial charge in [-0.2, -0.15) is 0 Å². The average molecular weight is 414 g/mol. The minimum absolute atomic E-state index is 0. The molecule has 0 bridgehead atoms. The molecule has 3 aliphatic rings. The zero-order chi connectivity index (χ0) is 17.2. The zero-order valence-corrected chi connectivity index (χ0v) is 17.9. The highest BCUT2D eigenvalue weighted by atomic mass is 35.5. The first-order chi connectivity index (χ1) is 12.2. The van der Waals surface area contributed by atoms with Crippen LogP contribution in [0.2, 0.25) is 0 Å². The van der Waals surface area contributed by atoms with E-state index in [2.05, 4.69) is 46.3 Å². The maximum Gasteiger partial charge on any atom is 0.224 e. The fourth-order valence-corrected chi connectivity index (χ4v) is 5.07. The van der Waals surface area contributed by atoms with Crippen LogP contribution in [0.3, 0.4) is 0 Å². The molecule has 4 nitrogen and oxygen atoms in total. The Morgan fingerprint density at radius 3 is 2.59 bits per heavy atom. The van der Waals surface area contributed by atoms with Crippen molar-refractivity contribution in [1.29, 1.82) is 0 Å². The van der Waals surface area contributed by atoms with Gasteiger partial charge in [0.05, 0.1) is 6.04 Å². The van der Waals surface area contributed by atoms with Crippen LogP contribution in [-0.2, 0) is 4.79 Å². The smallest absolute Gasteiger partial charge is 0.224 e. The number of hydrogen-bond donors (Lipinski definition) is 1. The van der Waals surface area contributed by atoms with Crippen molar-refractivity contribution in [3.8, 4) is 0 Å². The molecule has 6 heteroatoms. The maximum absolute atomic E-state index is 13.1. The van der Waals surface area contributed by atoms with Gasteiger partial charge in [-0.25, -0.2) is 0 Å². The van der Waals surface area contributed by atoms with E-state index in [0.29, 0.717) is 24.2 Å². The predicted molar refractivity (Wildman–Crippen MR) is 115 cm³/mol. The second-order valence-corrected chi connectivity index (χ2v) is 8.08. The van der Waals surface area contributed by atoms with Crippen molar-refractivity contribution in [2.45, 2.75) is 38.6 Å². The fourth-order valence-electron chi connectivity index (χ4n) is 5.07. The molecular formula is C21H33Cl2N3O. The first kappa shape index (κ1) is 22.5. The largest absolute Gasteiger partial charge is 0.335 e. The predicted octanol–water partition coefficient (Wildman–Crippen LogP) is 3.43. The number of likely N-dealkylation sites (tertiary alicyclic amines) is 2. The Morgan fingerprint density at radius 2 is 1.85 bits per heavy atom. The molecule has 27 heavy (non-hydrogen) atoms. The molecule has 0 saturated carbocycles. The third-order valence-electron chi connectivity index (χ3n) is 6.48. The molecule has 3 atom stereocenters. The van der Waals surface area contributed by atoms with Gasteiger partial charge in [0.1, 0.15) is 0 Å². The van der Waals surface area contributed by atoms with Crippen LogP contribution in [0.5, 0.6) is 0 Å². The molecule has 0 aromatic heterocycles. The van der Waals surface area contributed by atoms with Gasteiger partial charge in [0, 0.05) is 38.5 Å². The molecule has 1 aromatic rings. The number of carbonyl (C=O) groups excluding carboxylic acids is 1. The van der Waals surface area contributed by atoms with Crippen molar-refractivity contribution in [2.24, 2.45) is 11.8 Å². The van der Waals surface area contributed by atoms with Crippen LogP contribution < -0.4 is 5.32 Å². The van der Waals surface area contributed by atoms with Crippen LogP contribution in [0, 0.1) is 18.8 Å². The summed E-state index contributed by atoms with van der Waals surface area (Å²) in [5.41, 5.74) is 2.67. The molecule has 1 aromatic carbocycles. The number of nitrogens with zero attached hydrogens (tertiary/aromatic N) is 2. The van der Waals surface area contributed by atoms with E-state index >= 15 is 0 Å². The van der Waals surface area contributed by atoms with Gasteiger partial charge in [-0.05, 0) is 49.9 Å². The van der Waals surface area contributed by atoms with Crippen LogP contribution in [0.4, 0.5) is 0 Å². The number of benzene rings is 1. The van der Waals surface area contributed by atoms with Gasteiger partial charge in [0.2, 0.25) is 5.91 Å². The highest BCUT2D eigenvalue weighted by Gasteiger charge is 2.46. The lowest BCUT2D eigenvalue weighted by Gasteiger charge is -2.31. The molecule has 0 aliphatic carbocycles. The van der Waals surface area contributed by atoms with Crippen molar-refractivity contribution in [2.75, 3.05) is 39.3 Å². The van der Waals surface area contributed by atoms with E-state index in [4.69, 9.17) is 0 Å². The van der Waals surface area contributed by atoms with Gasteiger partial charge < -0.3 is 15.1 Å². The summed E-state index contributed by atoms with van der Waals surface area (Å²) in [6.45, 7) is 8.48. The van der Waals surface area contributed by atoms with Crippen molar-refractivity contribution in [3.05, 3.63) is 35.4 Å². The average Bonchev–Trinajstić information content (AvgIpc) is 3.22. The Morgan fingerprint density at radius 1 is 1.11 bits per heavy atom. The molecule has 0 unspecified atom stereocenters.